The molecule has 0 saturated carbocycles. The van der Waals surface area contributed by atoms with E-state index in [-0.39, 0.29) is 11.5 Å². The van der Waals surface area contributed by atoms with Crippen molar-refractivity contribution in [3.63, 3.8) is 0 Å². The normalized spacial score (nSPS) is 36.4. The minimum atomic E-state index is -1.26. The van der Waals surface area contributed by atoms with Gasteiger partial charge in [-0.3, -0.25) is 15.1 Å². The Bertz CT molecular complexity index is 534. The maximum Gasteiger partial charge on any atom is 0.276 e. The van der Waals surface area contributed by atoms with Crippen LogP contribution in [-0.2, 0) is 4.74 Å². The molecule has 1 amide bonds. The van der Waals surface area contributed by atoms with Crippen LogP contribution in [-0.4, -0.2) is 62.0 Å². The number of rotatable bonds is 2. The molecule has 20 heavy (non-hydrogen) atoms. The van der Waals surface area contributed by atoms with Crippen molar-refractivity contribution >= 4 is 11.7 Å². The molecule has 10 nitrogen and oxygen atoms in total. The molecule has 0 bridgehead atoms. The van der Waals surface area contributed by atoms with E-state index in [4.69, 9.17) is 15.6 Å². The van der Waals surface area contributed by atoms with Crippen LogP contribution in [0.25, 0.3) is 0 Å². The van der Waals surface area contributed by atoms with Crippen molar-refractivity contribution in [1.82, 2.24) is 14.9 Å². The molecule has 2 aliphatic heterocycles. The Morgan fingerprint density at radius 3 is 2.80 bits per heavy atom. The van der Waals surface area contributed by atoms with E-state index in [0.717, 1.165) is 0 Å². The summed E-state index contributed by atoms with van der Waals surface area (Å²) in [6.45, 7) is -0.432. The third kappa shape index (κ3) is 1.85. The van der Waals surface area contributed by atoms with E-state index < -0.39 is 43.3 Å². The first-order valence-electron chi connectivity index (χ1n) is 6.05. The Hall–Kier alpha value is -1.72. The van der Waals surface area contributed by atoms with Gasteiger partial charge < -0.3 is 30.7 Å². The number of carbonyl (C=O) groups excluding carboxylic acids is 1. The fourth-order valence-electron chi connectivity index (χ4n) is 2.37. The van der Waals surface area contributed by atoms with Crippen LogP contribution >= 0.6 is 0 Å². The van der Waals surface area contributed by atoms with Crippen molar-refractivity contribution in [2.24, 2.45) is 5.73 Å². The summed E-state index contributed by atoms with van der Waals surface area (Å²) in [6.07, 6.45) is -3.84. The molecule has 1 fully saturated rings. The van der Waals surface area contributed by atoms with E-state index in [1.807, 2.05) is 0 Å². The van der Waals surface area contributed by atoms with Crippen LogP contribution in [0.3, 0.4) is 0 Å². The summed E-state index contributed by atoms with van der Waals surface area (Å²) in [5.74, 6) is -0.159. The van der Waals surface area contributed by atoms with Gasteiger partial charge >= 0.3 is 0 Å². The van der Waals surface area contributed by atoms with Gasteiger partial charge in [0.2, 0.25) is 0 Å². The molecule has 5 unspecified atom stereocenters. The molecule has 2 aliphatic rings. The van der Waals surface area contributed by atoms with Gasteiger partial charge in [-0.25, -0.2) is 4.98 Å². The van der Waals surface area contributed by atoms with Crippen molar-refractivity contribution < 1.29 is 24.9 Å². The van der Waals surface area contributed by atoms with Gasteiger partial charge in [0.1, 0.15) is 24.1 Å². The van der Waals surface area contributed by atoms with Gasteiger partial charge in [0.25, 0.3) is 5.91 Å². The minimum Gasteiger partial charge on any atom is -0.394 e. The number of anilines is 1. The minimum absolute atomic E-state index is 0.115. The van der Waals surface area contributed by atoms with Crippen molar-refractivity contribution in [2.45, 2.75) is 30.8 Å². The second kappa shape index (κ2) is 4.68. The van der Waals surface area contributed by atoms with Gasteiger partial charge in [0.05, 0.1) is 12.9 Å². The Morgan fingerprint density at radius 2 is 2.15 bits per heavy atom. The summed E-state index contributed by atoms with van der Waals surface area (Å²) in [5, 5.41) is 34.0. The summed E-state index contributed by atoms with van der Waals surface area (Å²) in [6, 6.07) is 0. The third-order valence-corrected chi connectivity index (χ3v) is 3.38. The maximum atomic E-state index is 11.7. The van der Waals surface area contributed by atoms with Crippen LogP contribution in [0.5, 0.6) is 0 Å². The summed E-state index contributed by atoms with van der Waals surface area (Å²) in [5.41, 5.74) is 5.72. The molecule has 1 aromatic rings. The Kier molecular flexibility index (Phi) is 3.11. The van der Waals surface area contributed by atoms with Crippen LogP contribution in [0.15, 0.2) is 6.33 Å². The molecule has 10 heteroatoms. The molecule has 7 N–H and O–H groups in total. The highest BCUT2D eigenvalue weighted by Crippen LogP contribution is 2.33. The zero-order chi connectivity index (χ0) is 14.4. The second-order valence-electron chi connectivity index (χ2n) is 4.67. The van der Waals surface area contributed by atoms with E-state index in [2.05, 4.69) is 15.6 Å². The number of nitrogens with two attached hydrogens (primary N) is 1. The first-order valence-corrected chi connectivity index (χ1v) is 6.05. The molecular weight excluding hydrogens is 270 g/mol. The maximum absolute atomic E-state index is 11.7. The van der Waals surface area contributed by atoms with E-state index in [1.165, 1.54) is 10.9 Å². The second-order valence-corrected chi connectivity index (χ2v) is 4.67. The van der Waals surface area contributed by atoms with Crippen LogP contribution in [0, 0.1) is 0 Å². The number of aromatic nitrogens is 2. The number of aliphatic hydroxyl groups is 3. The largest absolute Gasteiger partial charge is 0.394 e. The summed E-state index contributed by atoms with van der Waals surface area (Å²) >= 11 is 0. The first-order chi connectivity index (χ1) is 9.52. The van der Waals surface area contributed by atoms with Crippen molar-refractivity contribution in [3.05, 3.63) is 12.0 Å². The lowest BCUT2D eigenvalue weighted by Crippen LogP contribution is -2.51. The number of amides is 1. The summed E-state index contributed by atoms with van der Waals surface area (Å²) in [7, 11) is 0. The number of nitrogens with zero attached hydrogens (tertiary/aromatic N) is 2. The molecule has 5 atom stereocenters. The van der Waals surface area contributed by atoms with E-state index in [0.29, 0.717) is 0 Å². The van der Waals surface area contributed by atoms with Gasteiger partial charge in [0.15, 0.2) is 18.2 Å². The predicted octanol–water partition coefficient (Wildman–Crippen LogP) is -3.11. The number of hydrogen-bond donors (Lipinski definition) is 6. The van der Waals surface area contributed by atoms with Gasteiger partial charge in [0, 0.05) is 0 Å². The van der Waals surface area contributed by atoms with Crippen LogP contribution in [0.4, 0.5) is 5.82 Å². The number of fused-ring (bicyclic) bond motifs is 1. The monoisotopic (exact) mass is 285 g/mol. The molecule has 0 spiro atoms. The lowest BCUT2D eigenvalue weighted by atomic mass is 10.1. The molecule has 0 aliphatic carbocycles. The van der Waals surface area contributed by atoms with Crippen molar-refractivity contribution in [1.29, 1.82) is 0 Å². The molecule has 3 rings (SSSR count). The third-order valence-electron chi connectivity index (χ3n) is 3.38. The first kappa shape index (κ1) is 13.3. The Labute approximate surface area is 113 Å². The Morgan fingerprint density at radius 1 is 1.40 bits per heavy atom. The van der Waals surface area contributed by atoms with Crippen molar-refractivity contribution in [3.8, 4) is 0 Å². The molecule has 1 aromatic heterocycles. The smallest absolute Gasteiger partial charge is 0.276 e. The average Bonchev–Trinajstić information content (AvgIpc) is 2.93. The van der Waals surface area contributed by atoms with E-state index in [9.17, 15) is 15.0 Å². The fourth-order valence-corrected chi connectivity index (χ4v) is 2.37. The zero-order valence-electron chi connectivity index (χ0n) is 10.3. The zero-order valence-corrected chi connectivity index (χ0v) is 10.3. The highest BCUT2D eigenvalue weighted by atomic mass is 16.6. The van der Waals surface area contributed by atoms with Gasteiger partial charge in [-0.1, -0.05) is 0 Å². The Balaban J connectivity index is 1.94. The van der Waals surface area contributed by atoms with Crippen LogP contribution in [0.2, 0.25) is 0 Å². The summed E-state index contributed by atoms with van der Waals surface area (Å²) in [4.78, 5) is 15.6. The molecule has 1 saturated heterocycles. The van der Waals surface area contributed by atoms with Gasteiger partial charge in [-0.05, 0) is 0 Å². The standard InChI is InChI=1S/C10H15N5O5/c11-10-13-7-4(8(19)14-10)12-2-15(7)9-6(18)5(17)3(1-16)20-9/h2-3,5-6,9-10,13,16-18H,1,11H2,(H,14,19). The van der Waals surface area contributed by atoms with Gasteiger partial charge in [-0.15, -0.1) is 0 Å². The van der Waals surface area contributed by atoms with Crippen LogP contribution in [0.1, 0.15) is 16.7 Å². The van der Waals surface area contributed by atoms with Crippen molar-refractivity contribution in [2.75, 3.05) is 11.9 Å². The quantitative estimate of drug-likeness (QED) is 0.333. The lowest BCUT2D eigenvalue weighted by molar-refractivity contribution is -0.0519. The highest BCUT2D eigenvalue weighted by Gasteiger charge is 2.45. The average molecular weight is 285 g/mol. The number of carbonyl (C=O) groups is 1. The number of ether oxygens (including phenoxy) is 1. The number of aliphatic hydroxyl groups excluding tert-OH is 3. The number of hydrogen-bond acceptors (Lipinski definition) is 8. The van der Waals surface area contributed by atoms with Gasteiger partial charge in [-0.2, -0.15) is 0 Å². The summed E-state index contributed by atoms with van der Waals surface area (Å²) < 4.78 is 6.75. The molecule has 3 heterocycles. The number of nitrogens with one attached hydrogen (secondary N) is 2. The van der Waals surface area contributed by atoms with Crippen LogP contribution < -0.4 is 16.4 Å². The molecule has 0 aromatic carbocycles. The topological polar surface area (TPSA) is 155 Å². The number of imidazole rings is 1. The molecule has 0 radical (unpaired) electrons. The SMILES string of the molecule is NC1NC(=O)c2ncn(C3OC(CO)C(O)C3O)c2N1. The van der Waals surface area contributed by atoms with E-state index >= 15 is 0 Å². The highest BCUT2D eigenvalue weighted by molar-refractivity contribution is 5.99. The fraction of sp³-hybridized carbons (Fsp3) is 0.600. The molecular formula is C10H15N5O5. The van der Waals surface area contributed by atoms with E-state index in [1.54, 1.807) is 0 Å². The molecule has 110 valence electrons. The predicted molar refractivity (Wildman–Crippen MR) is 64.3 cm³/mol. The lowest BCUT2D eigenvalue weighted by Gasteiger charge is -2.25.